The fourth-order valence-corrected chi connectivity index (χ4v) is 2.74. The van der Waals surface area contributed by atoms with Crippen LogP contribution in [0.5, 0.6) is 5.75 Å². The average Bonchev–Trinajstić information content (AvgIpc) is 3.10. The Morgan fingerprint density at radius 2 is 2.20 bits per heavy atom. The second-order valence-corrected chi connectivity index (χ2v) is 6.03. The van der Waals surface area contributed by atoms with Crippen molar-refractivity contribution in [3.8, 4) is 5.75 Å². The third kappa shape index (κ3) is 6.16. The average molecular weight is 348 g/mol. The summed E-state index contributed by atoms with van der Waals surface area (Å²) in [5.74, 6) is 0.824. The Bertz CT molecular complexity index is 559. The van der Waals surface area contributed by atoms with Crippen LogP contribution in [0.25, 0.3) is 0 Å². The Morgan fingerprint density at radius 1 is 1.44 bits per heavy atom. The number of hydrogen-bond acceptors (Lipinski definition) is 6. The summed E-state index contributed by atoms with van der Waals surface area (Å²) >= 11 is 0. The minimum Gasteiger partial charge on any atom is -0.497 e. The van der Waals surface area contributed by atoms with Crippen molar-refractivity contribution >= 4 is 5.71 Å². The van der Waals surface area contributed by atoms with Crippen molar-refractivity contribution in [1.29, 1.82) is 0 Å². The van der Waals surface area contributed by atoms with Gasteiger partial charge in [0, 0.05) is 19.5 Å². The maximum absolute atomic E-state index is 10.0. The number of oxime groups is 1. The highest BCUT2D eigenvalue weighted by molar-refractivity contribution is 6.01. The predicted octanol–water partition coefficient (Wildman–Crippen LogP) is 2.07. The van der Waals surface area contributed by atoms with E-state index >= 15 is 0 Å². The lowest BCUT2D eigenvalue weighted by Crippen LogP contribution is -2.39. The van der Waals surface area contributed by atoms with Crippen molar-refractivity contribution in [1.82, 2.24) is 4.90 Å². The largest absolute Gasteiger partial charge is 0.497 e. The molecule has 6 nitrogen and oxygen atoms in total. The zero-order valence-electron chi connectivity index (χ0n) is 15.1. The smallest absolute Gasteiger partial charge is 0.145 e. The van der Waals surface area contributed by atoms with E-state index in [-0.39, 0.29) is 6.10 Å². The molecule has 25 heavy (non-hydrogen) atoms. The van der Waals surface area contributed by atoms with Crippen LogP contribution in [0.2, 0.25) is 0 Å². The number of nitrogens with zero attached hydrogens (tertiary/aromatic N) is 2. The molecule has 1 aliphatic heterocycles. The van der Waals surface area contributed by atoms with Gasteiger partial charge in [0.15, 0.2) is 0 Å². The van der Waals surface area contributed by atoms with Crippen LogP contribution in [0.15, 0.2) is 42.1 Å². The molecule has 2 unspecified atom stereocenters. The highest BCUT2D eigenvalue weighted by atomic mass is 16.6. The van der Waals surface area contributed by atoms with E-state index in [0.717, 1.165) is 36.5 Å². The van der Waals surface area contributed by atoms with Gasteiger partial charge in [-0.25, -0.2) is 0 Å². The molecule has 0 aromatic heterocycles. The van der Waals surface area contributed by atoms with E-state index in [4.69, 9.17) is 14.3 Å². The summed E-state index contributed by atoms with van der Waals surface area (Å²) in [6.07, 6.45) is 1.90. The van der Waals surface area contributed by atoms with Crippen molar-refractivity contribution < 1.29 is 19.4 Å². The predicted molar refractivity (Wildman–Crippen MR) is 98.2 cm³/mol. The van der Waals surface area contributed by atoms with Crippen molar-refractivity contribution in [2.75, 3.05) is 40.0 Å². The fraction of sp³-hybridized carbons (Fsp3) is 0.526. The van der Waals surface area contributed by atoms with Crippen molar-refractivity contribution in [2.24, 2.45) is 5.16 Å². The molecule has 0 spiro atoms. The molecule has 0 aliphatic carbocycles. The molecule has 6 heteroatoms. The van der Waals surface area contributed by atoms with Crippen LogP contribution in [-0.2, 0) is 9.57 Å². The molecule has 1 heterocycles. The van der Waals surface area contributed by atoms with E-state index in [0.29, 0.717) is 19.8 Å². The van der Waals surface area contributed by atoms with Gasteiger partial charge in [0.2, 0.25) is 0 Å². The molecular weight excluding hydrogens is 320 g/mol. The lowest BCUT2D eigenvalue weighted by molar-refractivity contribution is 0.00720. The van der Waals surface area contributed by atoms with Gasteiger partial charge in [-0.2, -0.15) is 0 Å². The molecule has 1 aromatic carbocycles. The van der Waals surface area contributed by atoms with Gasteiger partial charge in [-0.1, -0.05) is 18.2 Å². The van der Waals surface area contributed by atoms with Crippen molar-refractivity contribution in [2.45, 2.75) is 25.6 Å². The summed E-state index contributed by atoms with van der Waals surface area (Å²) < 4.78 is 10.5. The van der Waals surface area contributed by atoms with Crippen molar-refractivity contribution in [3.05, 3.63) is 42.5 Å². The number of methoxy groups -OCH3 is 1. The topological polar surface area (TPSA) is 63.5 Å². The summed E-state index contributed by atoms with van der Waals surface area (Å²) in [5, 5.41) is 14.3. The first-order valence-electron chi connectivity index (χ1n) is 8.62. The maximum atomic E-state index is 10.0. The molecular formula is C19H28N2O4. The van der Waals surface area contributed by atoms with Gasteiger partial charge in [0.1, 0.15) is 11.9 Å². The number of ether oxygens (including phenoxy) is 2. The molecule has 0 radical (unpaired) electrons. The molecule has 1 aromatic rings. The molecule has 0 bridgehead atoms. The molecule has 0 saturated heterocycles. The quantitative estimate of drug-likeness (QED) is 0.490. The Kier molecular flexibility index (Phi) is 7.91. The third-order valence-corrected chi connectivity index (χ3v) is 4.08. The normalized spacial score (nSPS) is 17.9. The summed E-state index contributed by atoms with van der Waals surface area (Å²) in [5.41, 5.74) is 1.99. The van der Waals surface area contributed by atoms with Gasteiger partial charge in [-0.05, 0) is 36.4 Å². The number of likely N-dealkylation sites (N-methyl/N-ethyl adjacent to an activating group) is 1. The van der Waals surface area contributed by atoms with Gasteiger partial charge in [0.25, 0.3) is 0 Å². The van der Waals surface area contributed by atoms with Crippen LogP contribution < -0.4 is 4.74 Å². The maximum Gasteiger partial charge on any atom is 0.145 e. The Balaban J connectivity index is 1.79. The van der Waals surface area contributed by atoms with Gasteiger partial charge in [0.05, 0.1) is 32.1 Å². The van der Waals surface area contributed by atoms with Crippen LogP contribution >= 0.6 is 0 Å². The first-order chi connectivity index (χ1) is 12.2. The Morgan fingerprint density at radius 3 is 2.84 bits per heavy atom. The molecule has 0 fully saturated rings. The highest BCUT2D eigenvalue weighted by Crippen LogP contribution is 2.20. The van der Waals surface area contributed by atoms with Crippen molar-refractivity contribution in [3.63, 3.8) is 0 Å². The molecule has 2 atom stereocenters. The van der Waals surface area contributed by atoms with Gasteiger partial charge >= 0.3 is 0 Å². The number of aliphatic hydroxyl groups excluding tert-OH is 1. The van der Waals surface area contributed by atoms with Crippen LogP contribution in [-0.4, -0.2) is 67.9 Å². The third-order valence-electron chi connectivity index (χ3n) is 4.08. The first-order valence-corrected chi connectivity index (χ1v) is 8.62. The summed E-state index contributed by atoms with van der Waals surface area (Å²) in [6, 6.07) is 7.82. The van der Waals surface area contributed by atoms with Crippen LogP contribution in [0, 0.1) is 0 Å². The Hall–Kier alpha value is -1.89. The molecule has 138 valence electrons. The summed E-state index contributed by atoms with van der Waals surface area (Å²) in [4.78, 5) is 7.73. The molecule has 2 rings (SSSR count). The molecule has 1 aliphatic rings. The van der Waals surface area contributed by atoms with E-state index in [9.17, 15) is 5.11 Å². The van der Waals surface area contributed by atoms with Crippen LogP contribution in [0.3, 0.4) is 0 Å². The highest BCUT2D eigenvalue weighted by Gasteiger charge is 2.25. The first kappa shape index (κ1) is 19.4. The van der Waals surface area contributed by atoms with Gasteiger partial charge in [-0.15, -0.1) is 6.58 Å². The number of hydrogen-bond donors (Lipinski definition) is 1. The lowest BCUT2D eigenvalue weighted by Gasteiger charge is -2.25. The minimum absolute atomic E-state index is 0.00153. The number of rotatable bonds is 11. The number of benzene rings is 1. The van der Waals surface area contributed by atoms with E-state index < -0.39 is 6.10 Å². The van der Waals surface area contributed by atoms with Crippen LogP contribution in [0.1, 0.15) is 18.9 Å². The zero-order chi connectivity index (χ0) is 18.1. The zero-order valence-corrected chi connectivity index (χ0v) is 15.1. The minimum atomic E-state index is -0.525. The second kappa shape index (κ2) is 10.2. The molecule has 0 saturated carbocycles. The van der Waals surface area contributed by atoms with E-state index in [1.807, 2.05) is 24.3 Å². The van der Waals surface area contributed by atoms with E-state index in [1.54, 1.807) is 13.2 Å². The summed E-state index contributed by atoms with van der Waals surface area (Å²) in [6.45, 7) is 8.52. The SMILES string of the molecule is C=CCOCC(O)CN(CC)CC1CC(c2ccc(OC)cc2)=NO1. The summed E-state index contributed by atoms with van der Waals surface area (Å²) in [7, 11) is 1.65. The monoisotopic (exact) mass is 348 g/mol. The van der Waals surface area contributed by atoms with E-state index in [1.165, 1.54) is 0 Å². The second-order valence-electron chi connectivity index (χ2n) is 6.03. The van der Waals surface area contributed by atoms with Gasteiger partial charge in [-0.3, -0.25) is 4.90 Å². The fourth-order valence-electron chi connectivity index (χ4n) is 2.74. The Labute approximate surface area is 149 Å². The lowest BCUT2D eigenvalue weighted by atomic mass is 10.0. The molecule has 0 amide bonds. The standard InChI is InChI=1S/C19H28N2O4/c1-4-10-24-14-16(22)12-21(5-2)13-18-11-19(20-25-18)15-6-8-17(23-3)9-7-15/h4,6-9,16,18,22H,1,5,10-14H2,2-3H3. The van der Waals surface area contributed by atoms with Gasteiger partial charge < -0.3 is 19.4 Å². The van der Waals surface area contributed by atoms with Crippen LogP contribution in [0.4, 0.5) is 0 Å². The number of aliphatic hydroxyl groups is 1. The molecule has 1 N–H and O–H groups in total. The van der Waals surface area contributed by atoms with E-state index in [2.05, 4.69) is 23.6 Å².